The van der Waals surface area contributed by atoms with Crippen molar-refractivity contribution in [2.45, 2.75) is 19.3 Å². The summed E-state index contributed by atoms with van der Waals surface area (Å²) in [6.07, 6.45) is 2.02. The van der Waals surface area contributed by atoms with Crippen molar-refractivity contribution < 1.29 is 13.9 Å². The molecule has 0 unspecified atom stereocenters. The van der Waals surface area contributed by atoms with Crippen molar-refractivity contribution in [3.63, 3.8) is 0 Å². The number of methoxy groups -OCH3 is 1. The van der Waals surface area contributed by atoms with E-state index in [-0.39, 0.29) is 11.7 Å². The zero-order valence-electron chi connectivity index (χ0n) is 12.5. The Hall–Kier alpha value is -2.36. The Morgan fingerprint density at radius 3 is 2.73 bits per heavy atom. The number of amides is 1. The molecule has 1 heterocycles. The third kappa shape index (κ3) is 2.96. The Bertz CT molecular complexity index is 682. The Balaban J connectivity index is 1.78. The first-order valence-electron chi connectivity index (χ1n) is 7.39. The highest BCUT2D eigenvalue weighted by Crippen LogP contribution is 2.28. The predicted octanol–water partition coefficient (Wildman–Crippen LogP) is 3.36. The predicted molar refractivity (Wildman–Crippen MR) is 83.8 cm³/mol. The summed E-state index contributed by atoms with van der Waals surface area (Å²) in [6, 6.07) is 12.1. The smallest absolute Gasteiger partial charge is 0.231 e. The van der Waals surface area contributed by atoms with Crippen LogP contribution in [0, 0.1) is 5.82 Å². The van der Waals surface area contributed by atoms with Crippen LogP contribution < -0.4 is 9.64 Å². The number of fused-ring (bicyclic) bond motifs is 1. The minimum atomic E-state index is -0.247. The lowest BCUT2D eigenvalue weighted by Gasteiger charge is -2.29. The fourth-order valence-corrected chi connectivity index (χ4v) is 2.84. The second-order valence-electron chi connectivity index (χ2n) is 5.45. The number of benzene rings is 2. The van der Waals surface area contributed by atoms with Crippen LogP contribution >= 0.6 is 0 Å². The maximum absolute atomic E-state index is 13.3. The van der Waals surface area contributed by atoms with E-state index >= 15 is 0 Å². The lowest BCUT2D eigenvalue weighted by molar-refractivity contribution is -0.118. The third-order valence-electron chi connectivity index (χ3n) is 3.98. The van der Waals surface area contributed by atoms with Crippen LogP contribution in [0.4, 0.5) is 10.1 Å². The fourth-order valence-electron chi connectivity index (χ4n) is 2.84. The number of ether oxygens (including phenoxy) is 1. The van der Waals surface area contributed by atoms with E-state index in [0.717, 1.165) is 35.4 Å². The standard InChI is InChI=1S/C18H18FNO2/c1-22-16-7-4-13(5-8-16)11-18(21)20-10-2-3-14-12-15(19)6-9-17(14)20/h4-9,12H,2-3,10-11H2,1H3. The zero-order valence-corrected chi connectivity index (χ0v) is 12.5. The van der Waals surface area contributed by atoms with Gasteiger partial charge in [0.1, 0.15) is 11.6 Å². The minimum absolute atomic E-state index is 0.0396. The number of nitrogens with zero attached hydrogens (tertiary/aromatic N) is 1. The van der Waals surface area contributed by atoms with Crippen LogP contribution in [0.5, 0.6) is 5.75 Å². The van der Waals surface area contributed by atoms with Crippen molar-refractivity contribution in [2.24, 2.45) is 0 Å². The second-order valence-corrected chi connectivity index (χ2v) is 5.45. The van der Waals surface area contributed by atoms with Gasteiger partial charge in [-0.05, 0) is 54.3 Å². The molecule has 0 spiro atoms. The highest BCUT2D eigenvalue weighted by molar-refractivity contribution is 5.95. The number of carbonyl (C=O) groups excluding carboxylic acids is 1. The Labute approximate surface area is 129 Å². The van der Waals surface area contributed by atoms with E-state index in [0.29, 0.717) is 13.0 Å². The van der Waals surface area contributed by atoms with Crippen LogP contribution in [-0.4, -0.2) is 19.6 Å². The molecule has 4 heteroatoms. The topological polar surface area (TPSA) is 29.5 Å². The van der Waals surface area contributed by atoms with Gasteiger partial charge in [0.25, 0.3) is 0 Å². The molecule has 0 saturated heterocycles. The molecule has 2 aromatic carbocycles. The maximum Gasteiger partial charge on any atom is 0.231 e. The van der Waals surface area contributed by atoms with Gasteiger partial charge in [0.05, 0.1) is 13.5 Å². The molecule has 1 amide bonds. The summed E-state index contributed by atoms with van der Waals surface area (Å²) < 4.78 is 18.4. The highest BCUT2D eigenvalue weighted by Gasteiger charge is 2.22. The molecule has 0 radical (unpaired) electrons. The van der Waals surface area contributed by atoms with Crippen LogP contribution in [0.2, 0.25) is 0 Å². The van der Waals surface area contributed by atoms with E-state index < -0.39 is 0 Å². The summed E-state index contributed by atoms with van der Waals surface area (Å²) in [5.41, 5.74) is 2.69. The second kappa shape index (κ2) is 6.18. The molecular weight excluding hydrogens is 281 g/mol. The van der Waals surface area contributed by atoms with Gasteiger partial charge in [0.2, 0.25) is 5.91 Å². The minimum Gasteiger partial charge on any atom is -0.497 e. The van der Waals surface area contributed by atoms with Gasteiger partial charge in [0.15, 0.2) is 0 Å². The van der Waals surface area contributed by atoms with E-state index in [1.807, 2.05) is 24.3 Å². The number of hydrogen-bond donors (Lipinski definition) is 0. The molecule has 0 fully saturated rings. The monoisotopic (exact) mass is 299 g/mol. The van der Waals surface area contributed by atoms with Crippen molar-refractivity contribution in [3.05, 3.63) is 59.4 Å². The number of hydrogen-bond acceptors (Lipinski definition) is 2. The molecule has 0 aliphatic carbocycles. The van der Waals surface area contributed by atoms with Gasteiger partial charge in [-0.25, -0.2) is 4.39 Å². The maximum atomic E-state index is 13.3. The van der Waals surface area contributed by atoms with Gasteiger partial charge in [-0.2, -0.15) is 0 Å². The Morgan fingerprint density at radius 2 is 2.00 bits per heavy atom. The highest BCUT2D eigenvalue weighted by atomic mass is 19.1. The summed E-state index contributed by atoms with van der Waals surface area (Å²) in [7, 11) is 1.62. The van der Waals surface area contributed by atoms with Gasteiger partial charge < -0.3 is 9.64 Å². The molecule has 3 nitrogen and oxygen atoms in total. The van der Waals surface area contributed by atoms with Gasteiger partial charge >= 0.3 is 0 Å². The fraction of sp³-hybridized carbons (Fsp3) is 0.278. The van der Waals surface area contributed by atoms with Crippen molar-refractivity contribution in [1.82, 2.24) is 0 Å². The molecule has 2 aromatic rings. The molecule has 0 saturated carbocycles. The van der Waals surface area contributed by atoms with Crippen molar-refractivity contribution in [3.8, 4) is 5.75 Å². The van der Waals surface area contributed by atoms with Crippen LogP contribution in [0.25, 0.3) is 0 Å². The summed E-state index contributed by atoms with van der Waals surface area (Å²) in [6.45, 7) is 0.688. The Kier molecular flexibility index (Phi) is 4.09. The molecule has 0 aromatic heterocycles. The number of anilines is 1. The molecule has 1 aliphatic heterocycles. The normalized spacial score (nSPS) is 13.6. The largest absolute Gasteiger partial charge is 0.497 e. The first-order valence-corrected chi connectivity index (χ1v) is 7.39. The Morgan fingerprint density at radius 1 is 1.23 bits per heavy atom. The van der Waals surface area contributed by atoms with E-state index in [9.17, 15) is 9.18 Å². The summed E-state index contributed by atoms with van der Waals surface area (Å²) in [4.78, 5) is 14.3. The summed E-state index contributed by atoms with van der Waals surface area (Å²) in [5, 5.41) is 0. The quantitative estimate of drug-likeness (QED) is 0.870. The molecular formula is C18H18FNO2. The van der Waals surface area contributed by atoms with E-state index in [1.165, 1.54) is 12.1 Å². The van der Waals surface area contributed by atoms with Gasteiger partial charge in [-0.3, -0.25) is 4.79 Å². The van der Waals surface area contributed by atoms with Crippen molar-refractivity contribution in [2.75, 3.05) is 18.6 Å². The van der Waals surface area contributed by atoms with Crippen molar-refractivity contribution in [1.29, 1.82) is 0 Å². The summed E-state index contributed by atoms with van der Waals surface area (Å²) in [5.74, 6) is 0.566. The molecule has 0 bridgehead atoms. The van der Waals surface area contributed by atoms with E-state index in [4.69, 9.17) is 4.74 Å². The lowest BCUT2D eigenvalue weighted by Crippen LogP contribution is -2.36. The molecule has 22 heavy (non-hydrogen) atoms. The molecule has 1 aliphatic rings. The summed E-state index contributed by atoms with van der Waals surface area (Å²) >= 11 is 0. The van der Waals surface area contributed by atoms with Crippen LogP contribution in [0.15, 0.2) is 42.5 Å². The van der Waals surface area contributed by atoms with Gasteiger partial charge in [0, 0.05) is 12.2 Å². The first kappa shape index (κ1) is 14.6. The van der Waals surface area contributed by atoms with Crippen LogP contribution in [0.3, 0.4) is 0 Å². The molecule has 0 N–H and O–H groups in total. The van der Waals surface area contributed by atoms with E-state index in [1.54, 1.807) is 18.1 Å². The molecule has 3 rings (SSSR count). The van der Waals surface area contributed by atoms with Crippen LogP contribution in [-0.2, 0) is 17.6 Å². The van der Waals surface area contributed by atoms with Crippen LogP contribution in [0.1, 0.15) is 17.5 Å². The van der Waals surface area contributed by atoms with Gasteiger partial charge in [-0.15, -0.1) is 0 Å². The molecule has 0 atom stereocenters. The SMILES string of the molecule is COc1ccc(CC(=O)N2CCCc3cc(F)ccc32)cc1. The third-order valence-corrected chi connectivity index (χ3v) is 3.98. The number of carbonyl (C=O) groups is 1. The van der Waals surface area contributed by atoms with E-state index in [2.05, 4.69) is 0 Å². The number of rotatable bonds is 3. The first-order chi connectivity index (χ1) is 10.7. The van der Waals surface area contributed by atoms with Crippen molar-refractivity contribution >= 4 is 11.6 Å². The average Bonchev–Trinajstić information content (AvgIpc) is 2.54. The average molecular weight is 299 g/mol. The van der Waals surface area contributed by atoms with Gasteiger partial charge in [-0.1, -0.05) is 12.1 Å². The lowest BCUT2D eigenvalue weighted by atomic mass is 10.0. The number of aryl methyl sites for hydroxylation is 1. The number of halogens is 1. The zero-order chi connectivity index (χ0) is 15.5. The molecule has 114 valence electrons.